The zero-order valence-electron chi connectivity index (χ0n) is 14.0. The second-order valence-corrected chi connectivity index (χ2v) is 7.00. The Kier molecular flexibility index (Phi) is 4.53. The summed E-state index contributed by atoms with van der Waals surface area (Å²) in [6.07, 6.45) is 2.44. The van der Waals surface area contributed by atoms with Gasteiger partial charge in [0, 0.05) is 24.5 Å². The second kappa shape index (κ2) is 7.12. The number of amides is 1. The molecule has 2 aromatic heterocycles. The Labute approximate surface area is 153 Å². The smallest absolute Gasteiger partial charge is 0.369 e. The van der Waals surface area contributed by atoms with E-state index in [1.807, 2.05) is 35.7 Å². The molecule has 0 radical (unpaired) electrons. The zero-order chi connectivity index (χ0) is 17.9. The minimum absolute atomic E-state index is 0.182. The van der Waals surface area contributed by atoms with Gasteiger partial charge in [-0.15, -0.1) is 11.3 Å². The number of carbonyl (C=O) groups excluding carboxylic acids is 1. The van der Waals surface area contributed by atoms with Crippen LogP contribution in [0.3, 0.4) is 0 Å². The normalized spacial score (nSPS) is 13.9. The van der Waals surface area contributed by atoms with Gasteiger partial charge in [-0.1, -0.05) is 0 Å². The lowest BCUT2D eigenvalue weighted by atomic mass is 10.2. The third-order valence-corrected chi connectivity index (χ3v) is 5.11. The molecular formula is C17H18N6O2S. The van der Waals surface area contributed by atoms with Crippen LogP contribution in [-0.2, 0) is 11.3 Å². The van der Waals surface area contributed by atoms with Gasteiger partial charge in [-0.2, -0.15) is 9.36 Å². The average molecular weight is 370 g/mol. The summed E-state index contributed by atoms with van der Waals surface area (Å²) in [6.45, 7) is 1.97. The van der Waals surface area contributed by atoms with Gasteiger partial charge in [0.25, 0.3) is 0 Å². The molecule has 0 atom stereocenters. The largest absolute Gasteiger partial charge is 0.372 e. The first kappa shape index (κ1) is 16.5. The van der Waals surface area contributed by atoms with Crippen LogP contribution in [0.1, 0.15) is 12.8 Å². The predicted molar refractivity (Wildman–Crippen MR) is 100 cm³/mol. The number of nitrogens with zero attached hydrogens (tertiary/aromatic N) is 5. The molecule has 1 fully saturated rings. The predicted octanol–water partition coefficient (Wildman–Crippen LogP) is 1.73. The van der Waals surface area contributed by atoms with Crippen LogP contribution in [0.25, 0.3) is 5.00 Å². The van der Waals surface area contributed by atoms with Gasteiger partial charge in [0.05, 0.1) is 0 Å². The van der Waals surface area contributed by atoms with Crippen molar-refractivity contribution >= 4 is 28.6 Å². The van der Waals surface area contributed by atoms with Crippen molar-refractivity contribution in [2.75, 3.05) is 23.3 Å². The van der Waals surface area contributed by atoms with Crippen LogP contribution < -0.4 is 15.9 Å². The van der Waals surface area contributed by atoms with Crippen molar-refractivity contribution in [3.63, 3.8) is 0 Å². The molecule has 1 saturated heterocycles. The molecule has 0 bridgehead atoms. The average Bonchev–Trinajstić information content (AvgIpc) is 3.39. The van der Waals surface area contributed by atoms with Gasteiger partial charge < -0.3 is 10.2 Å². The maximum absolute atomic E-state index is 12.3. The minimum Gasteiger partial charge on any atom is -0.372 e. The van der Waals surface area contributed by atoms with E-state index < -0.39 is 5.69 Å². The summed E-state index contributed by atoms with van der Waals surface area (Å²) in [6, 6.07) is 11.3. The molecule has 8 nitrogen and oxygen atoms in total. The molecule has 1 aliphatic heterocycles. The highest BCUT2D eigenvalue weighted by Gasteiger charge is 2.14. The highest BCUT2D eigenvalue weighted by atomic mass is 32.1. The number of benzene rings is 1. The summed E-state index contributed by atoms with van der Waals surface area (Å²) in [4.78, 5) is 26.8. The molecule has 26 heavy (non-hydrogen) atoms. The number of carbonyl (C=O) groups is 1. The summed E-state index contributed by atoms with van der Waals surface area (Å²) >= 11 is 1.38. The molecule has 9 heteroatoms. The third-order valence-electron chi connectivity index (χ3n) is 4.27. The number of thiophene rings is 1. The van der Waals surface area contributed by atoms with Gasteiger partial charge in [0.1, 0.15) is 11.5 Å². The number of tetrazole rings is 1. The van der Waals surface area contributed by atoms with Crippen molar-refractivity contribution < 1.29 is 4.79 Å². The Hall–Kier alpha value is -2.94. The van der Waals surface area contributed by atoms with Crippen molar-refractivity contribution in [1.29, 1.82) is 0 Å². The van der Waals surface area contributed by atoms with E-state index in [0.717, 1.165) is 23.5 Å². The first-order chi connectivity index (χ1) is 12.7. The number of hydrogen-bond acceptors (Lipinski definition) is 6. The molecular weight excluding hydrogens is 352 g/mol. The molecule has 134 valence electrons. The van der Waals surface area contributed by atoms with Crippen LogP contribution in [0.5, 0.6) is 0 Å². The maximum Gasteiger partial charge on any atom is 0.369 e. The number of hydrogen-bond donors (Lipinski definition) is 1. The number of rotatable bonds is 5. The molecule has 0 spiro atoms. The molecule has 3 heterocycles. The Morgan fingerprint density at radius 3 is 2.58 bits per heavy atom. The monoisotopic (exact) mass is 370 g/mol. The van der Waals surface area contributed by atoms with Gasteiger partial charge in [-0.25, -0.2) is 4.79 Å². The highest BCUT2D eigenvalue weighted by Crippen LogP contribution is 2.22. The lowest BCUT2D eigenvalue weighted by Crippen LogP contribution is -2.29. The quantitative estimate of drug-likeness (QED) is 0.739. The van der Waals surface area contributed by atoms with Crippen molar-refractivity contribution in [2.24, 2.45) is 0 Å². The standard InChI is InChI=1S/C17H18N6O2S/c24-15(12-22-17(25)23(20-19-22)16-4-3-11-26-16)18-13-5-7-14(8-6-13)21-9-1-2-10-21/h3-8,11H,1-2,9-10,12H2,(H,18,24). The van der Waals surface area contributed by atoms with E-state index in [1.165, 1.54) is 28.9 Å². The van der Waals surface area contributed by atoms with E-state index in [2.05, 4.69) is 20.6 Å². The SMILES string of the molecule is O=C(Cn1nnn(-c2cccs2)c1=O)Nc1ccc(N2CCCC2)cc1. The van der Waals surface area contributed by atoms with Crippen LogP contribution in [0.2, 0.25) is 0 Å². The van der Waals surface area contributed by atoms with Crippen LogP contribution in [-0.4, -0.2) is 38.8 Å². The lowest BCUT2D eigenvalue weighted by Gasteiger charge is -2.17. The van der Waals surface area contributed by atoms with Crippen molar-refractivity contribution in [2.45, 2.75) is 19.4 Å². The zero-order valence-corrected chi connectivity index (χ0v) is 14.9. The highest BCUT2D eigenvalue weighted by molar-refractivity contribution is 7.12. The molecule has 4 rings (SSSR count). The van der Waals surface area contributed by atoms with Crippen LogP contribution in [0, 0.1) is 0 Å². The van der Waals surface area contributed by atoms with Gasteiger partial charge in [-0.05, 0) is 65.0 Å². The van der Waals surface area contributed by atoms with Crippen molar-refractivity contribution in [1.82, 2.24) is 19.8 Å². The Balaban J connectivity index is 1.40. The fourth-order valence-corrected chi connectivity index (χ4v) is 3.64. The van der Waals surface area contributed by atoms with Gasteiger partial charge in [-0.3, -0.25) is 4.79 Å². The second-order valence-electron chi connectivity index (χ2n) is 6.07. The molecule has 0 saturated carbocycles. The summed E-state index contributed by atoms with van der Waals surface area (Å²) in [7, 11) is 0. The van der Waals surface area contributed by atoms with E-state index in [1.54, 1.807) is 6.07 Å². The molecule has 1 N–H and O–H groups in total. The van der Waals surface area contributed by atoms with Crippen LogP contribution >= 0.6 is 11.3 Å². The Bertz CT molecular complexity index is 939. The maximum atomic E-state index is 12.3. The van der Waals surface area contributed by atoms with Crippen molar-refractivity contribution in [3.05, 3.63) is 52.3 Å². The summed E-state index contributed by atoms with van der Waals surface area (Å²) < 4.78 is 2.23. The fraction of sp³-hybridized carbons (Fsp3) is 0.294. The van der Waals surface area contributed by atoms with Crippen LogP contribution in [0.4, 0.5) is 11.4 Å². The van der Waals surface area contributed by atoms with E-state index in [9.17, 15) is 9.59 Å². The number of anilines is 2. The molecule has 1 aliphatic rings. The molecule has 1 amide bonds. The van der Waals surface area contributed by atoms with Crippen LogP contribution in [0.15, 0.2) is 46.6 Å². The summed E-state index contributed by atoms with van der Waals surface area (Å²) in [5, 5.41) is 12.9. The van der Waals surface area contributed by atoms with E-state index in [-0.39, 0.29) is 12.5 Å². The molecule has 0 aliphatic carbocycles. The summed E-state index contributed by atoms with van der Waals surface area (Å²) in [5.74, 6) is -0.320. The Morgan fingerprint density at radius 1 is 1.12 bits per heavy atom. The van der Waals surface area contributed by atoms with Crippen molar-refractivity contribution in [3.8, 4) is 5.00 Å². The number of aromatic nitrogens is 4. The molecule has 1 aromatic carbocycles. The first-order valence-corrected chi connectivity index (χ1v) is 9.30. The fourth-order valence-electron chi connectivity index (χ4n) is 2.97. The first-order valence-electron chi connectivity index (χ1n) is 8.42. The lowest BCUT2D eigenvalue weighted by molar-refractivity contribution is -0.117. The van der Waals surface area contributed by atoms with Gasteiger partial charge in [0.2, 0.25) is 5.91 Å². The van der Waals surface area contributed by atoms with E-state index in [0.29, 0.717) is 10.7 Å². The summed E-state index contributed by atoms with van der Waals surface area (Å²) in [5.41, 5.74) is 1.42. The molecule has 3 aromatic rings. The van der Waals surface area contributed by atoms with E-state index in [4.69, 9.17) is 0 Å². The van der Waals surface area contributed by atoms with E-state index >= 15 is 0 Å². The number of nitrogens with one attached hydrogen (secondary N) is 1. The minimum atomic E-state index is -0.438. The molecule has 0 unspecified atom stereocenters. The third kappa shape index (κ3) is 3.38. The topological polar surface area (TPSA) is 85.0 Å². The Morgan fingerprint density at radius 2 is 1.88 bits per heavy atom. The van der Waals surface area contributed by atoms with Gasteiger partial charge >= 0.3 is 5.69 Å². The van der Waals surface area contributed by atoms with Gasteiger partial charge in [0.15, 0.2) is 0 Å².